The number of nitrogens with zero attached hydrogens (tertiary/aromatic N) is 1. The standard InChI is InChI=1S/C18H27N3O4S/c1-2-19-17(23)20-10-15-3-5-18(25-15)12-21(6-7-24-13-18)16(22)9-14-4-8-26-11-14/h4,8,11,15H,2-3,5-7,9-10,12-13H2,1H3,(H2,19,20,23). The Kier molecular flexibility index (Phi) is 6.50. The number of hydrogen-bond acceptors (Lipinski definition) is 5. The molecule has 2 unspecified atom stereocenters. The van der Waals surface area contributed by atoms with Gasteiger partial charge in [0, 0.05) is 19.6 Å². The highest BCUT2D eigenvalue weighted by molar-refractivity contribution is 7.08. The molecule has 1 aromatic heterocycles. The molecule has 0 aliphatic carbocycles. The summed E-state index contributed by atoms with van der Waals surface area (Å²) >= 11 is 1.60. The third-order valence-electron chi connectivity index (χ3n) is 4.80. The minimum atomic E-state index is -0.464. The van der Waals surface area contributed by atoms with Crippen LogP contribution in [0.4, 0.5) is 4.79 Å². The summed E-state index contributed by atoms with van der Waals surface area (Å²) in [4.78, 5) is 26.1. The van der Waals surface area contributed by atoms with Gasteiger partial charge >= 0.3 is 6.03 Å². The van der Waals surface area contributed by atoms with Gasteiger partial charge in [-0.15, -0.1) is 0 Å². The van der Waals surface area contributed by atoms with Gasteiger partial charge in [-0.3, -0.25) is 4.79 Å². The second-order valence-corrected chi connectivity index (χ2v) is 7.66. The zero-order valence-electron chi connectivity index (χ0n) is 15.2. The zero-order chi connectivity index (χ0) is 18.4. The van der Waals surface area contributed by atoms with Crippen LogP contribution in [0.2, 0.25) is 0 Å². The summed E-state index contributed by atoms with van der Waals surface area (Å²) in [5.41, 5.74) is 0.588. The van der Waals surface area contributed by atoms with Crippen molar-refractivity contribution < 1.29 is 19.1 Å². The molecule has 8 heteroatoms. The predicted molar refractivity (Wildman–Crippen MR) is 99.3 cm³/mol. The molecule has 2 aliphatic rings. The molecule has 26 heavy (non-hydrogen) atoms. The molecule has 144 valence electrons. The van der Waals surface area contributed by atoms with E-state index in [0.29, 0.717) is 45.8 Å². The van der Waals surface area contributed by atoms with Crippen molar-refractivity contribution in [1.29, 1.82) is 0 Å². The van der Waals surface area contributed by atoms with E-state index < -0.39 is 5.60 Å². The minimum absolute atomic E-state index is 0.0480. The van der Waals surface area contributed by atoms with Crippen molar-refractivity contribution >= 4 is 23.3 Å². The van der Waals surface area contributed by atoms with Crippen LogP contribution in [-0.4, -0.2) is 67.9 Å². The van der Waals surface area contributed by atoms with Crippen molar-refractivity contribution in [3.05, 3.63) is 22.4 Å². The molecule has 2 N–H and O–H groups in total. The third-order valence-corrected chi connectivity index (χ3v) is 5.54. The third kappa shape index (κ3) is 4.96. The fraction of sp³-hybridized carbons (Fsp3) is 0.667. The molecule has 3 amide bonds. The maximum atomic E-state index is 12.7. The summed E-state index contributed by atoms with van der Waals surface area (Å²) in [6, 6.07) is 1.81. The van der Waals surface area contributed by atoms with E-state index in [4.69, 9.17) is 9.47 Å². The number of hydrogen-bond donors (Lipinski definition) is 2. The summed E-state index contributed by atoms with van der Waals surface area (Å²) in [6.45, 7) is 5.11. The molecule has 0 radical (unpaired) electrons. The molecular formula is C18H27N3O4S. The van der Waals surface area contributed by atoms with Crippen molar-refractivity contribution in [3.8, 4) is 0 Å². The molecule has 0 aromatic carbocycles. The van der Waals surface area contributed by atoms with Crippen LogP contribution >= 0.6 is 11.3 Å². The summed E-state index contributed by atoms with van der Waals surface area (Å²) in [5.74, 6) is 0.112. The fourth-order valence-electron chi connectivity index (χ4n) is 3.49. The highest BCUT2D eigenvalue weighted by Gasteiger charge is 2.44. The van der Waals surface area contributed by atoms with E-state index >= 15 is 0 Å². The lowest BCUT2D eigenvalue weighted by Crippen LogP contribution is -2.48. The summed E-state index contributed by atoms with van der Waals surface area (Å²) in [6.07, 6.45) is 2.05. The lowest BCUT2D eigenvalue weighted by Gasteiger charge is -2.32. The van der Waals surface area contributed by atoms with E-state index in [9.17, 15) is 9.59 Å². The number of amides is 3. The Morgan fingerprint density at radius 3 is 3.08 bits per heavy atom. The smallest absolute Gasteiger partial charge is 0.314 e. The maximum absolute atomic E-state index is 12.7. The van der Waals surface area contributed by atoms with Crippen molar-refractivity contribution in [2.75, 3.05) is 39.4 Å². The Morgan fingerprint density at radius 1 is 1.42 bits per heavy atom. The second-order valence-electron chi connectivity index (χ2n) is 6.88. The minimum Gasteiger partial charge on any atom is -0.377 e. The molecule has 7 nitrogen and oxygen atoms in total. The van der Waals surface area contributed by atoms with Gasteiger partial charge in [-0.1, -0.05) is 0 Å². The average molecular weight is 381 g/mol. The van der Waals surface area contributed by atoms with Crippen molar-refractivity contribution in [3.63, 3.8) is 0 Å². The lowest BCUT2D eigenvalue weighted by molar-refractivity contribution is -0.135. The molecule has 1 spiro atoms. The number of ether oxygens (including phenoxy) is 2. The molecule has 2 aliphatic heterocycles. The molecule has 3 heterocycles. The normalized spacial score (nSPS) is 25.9. The number of nitrogens with one attached hydrogen (secondary N) is 2. The SMILES string of the molecule is CCNC(=O)NCC1CCC2(COCCN(C(=O)Cc3ccsc3)C2)O1. The Hall–Kier alpha value is -1.64. The molecular weight excluding hydrogens is 354 g/mol. The van der Waals surface area contributed by atoms with Gasteiger partial charge in [0.15, 0.2) is 0 Å². The van der Waals surface area contributed by atoms with Crippen molar-refractivity contribution in [2.45, 2.75) is 37.9 Å². The summed E-state index contributed by atoms with van der Waals surface area (Å²) < 4.78 is 12.0. The average Bonchev–Trinajstić information content (AvgIpc) is 3.21. The van der Waals surface area contributed by atoms with Crippen LogP contribution in [0.25, 0.3) is 0 Å². The maximum Gasteiger partial charge on any atom is 0.314 e. The molecule has 1 aromatic rings. The summed E-state index contributed by atoms with van der Waals surface area (Å²) in [7, 11) is 0. The first-order valence-electron chi connectivity index (χ1n) is 9.16. The van der Waals surface area contributed by atoms with Crippen LogP contribution in [0.5, 0.6) is 0 Å². The van der Waals surface area contributed by atoms with E-state index in [1.165, 1.54) is 0 Å². The first kappa shape index (κ1) is 19.1. The zero-order valence-corrected chi connectivity index (χ0v) is 16.0. The van der Waals surface area contributed by atoms with Crippen LogP contribution in [0.1, 0.15) is 25.3 Å². The van der Waals surface area contributed by atoms with Crippen LogP contribution in [0.15, 0.2) is 16.8 Å². The molecule has 3 rings (SSSR count). The Morgan fingerprint density at radius 2 is 2.31 bits per heavy atom. The van der Waals surface area contributed by atoms with E-state index in [0.717, 1.165) is 18.4 Å². The van der Waals surface area contributed by atoms with E-state index in [2.05, 4.69) is 10.6 Å². The first-order valence-corrected chi connectivity index (χ1v) is 10.1. The lowest BCUT2D eigenvalue weighted by atomic mass is 10.00. The summed E-state index contributed by atoms with van der Waals surface area (Å²) in [5, 5.41) is 9.54. The van der Waals surface area contributed by atoms with Gasteiger partial charge in [0.05, 0.1) is 32.3 Å². The largest absolute Gasteiger partial charge is 0.377 e. The number of carbonyl (C=O) groups excluding carboxylic acids is 2. The molecule has 0 bridgehead atoms. The number of rotatable bonds is 5. The van der Waals surface area contributed by atoms with Crippen LogP contribution in [0, 0.1) is 0 Å². The first-order chi connectivity index (χ1) is 12.6. The Labute approximate surface area is 158 Å². The van der Waals surface area contributed by atoms with Crippen LogP contribution in [-0.2, 0) is 20.7 Å². The number of carbonyl (C=O) groups is 2. The highest BCUT2D eigenvalue weighted by atomic mass is 32.1. The molecule has 2 saturated heterocycles. The van der Waals surface area contributed by atoms with Gasteiger partial charge in [0.1, 0.15) is 5.60 Å². The van der Waals surface area contributed by atoms with Gasteiger partial charge in [-0.05, 0) is 42.2 Å². The molecule has 2 atom stereocenters. The van der Waals surface area contributed by atoms with Crippen LogP contribution < -0.4 is 10.6 Å². The number of thiophene rings is 1. The van der Waals surface area contributed by atoms with Gasteiger partial charge < -0.3 is 25.0 Å². The van der Waals surface area contributed by atoms with E-state index in [1.807, 2.05) is 28.7 Å². The predicted octanol–water partition coefficient (Wildman–Crippen LogP) is 1.39. The van der Waals surface area contributed by atoms with Gasteiger partial charge in [-0.2, -0.15) is 11.3 Å². The van der Waals surface area contributed by atoms with Gasteiger partial charge in [0.2, 0.25) is 5.91 Å². The van der Waals surface area contributed by atoms with E-state index in [-0.39, 0.29) is 18.0 Å². The molecule has 2 fully saturated rings. The van der Waals surface area contributed by atoms with E-state index in [1.54, 1.807) is 11.3 Å². The number of urea groups is 1. The van der Waals surface area contributed by atoms with Crippen LogP contribution in [0.3, 0.4) is 0 Å². The van der Waals surface area contributed by atoms with Gasteiger partial charge in [0.25, 0.3) is 0 Å². The Bertz CT molecular complexity index is 610. The molecule has 0 saturated carbocycles. The highest BCUT2D eigenvalue weighted by Crippen LogP contribution is 2.33. The van der Waals surface area contributed by atoms with Crippen molar-refractivity contribution in [1.82, 2.24) is 15.5 Å². The topological polar surface area (TPSA) is 79.9 Å². The Balaban J connectivity index is 1.55. The monoisotopic (exact) mass is 381 g/mol. The van der Waals surface area contributed by atoms with Gasteiger partial charge in [-0.25, -0.2) is 4.79 Å². The second kappa shape index (κ2) is 8.83. The quantitative estimate of drug-likeness (QED) is 0.808. The van der Waals surface area contributed by atoms with Crippen molar-refractivity contribution in [2.24, 2.45) is 0 Å². The fourth-order valence-corrected chi connectivity index (χ4v) is 4.16.